The summed E-state index contributed by atoms with van der Waals surface area (Å²) in [5.74, 6) is -1.51. The Labute approximate surface area is 188 Å². The predicted octanol–water partition coefficient (Wildman–Crippen LogP) is 4.14. The first-order valence-electron chi connectivity index (χ1n) is 9.95. The fourth-order valence-corrected chi connectivity index (χ4v) is 3.17. The molecule has 0 fully saturated rings. The van der Waals surface area contributed by atoms with Crippen LogP contribution in [0.15, 0.2) is 30.6 Å². The van der Waals surface area contributed by atoms with Crippen LogP contribution in [0, 0.1) is 0 Å². The zero-order chi connectivity index (χ0) is 23.9. The van der Waals surface area contributed by atoms with E-state index in [1.807, 2.05) is 13.8 Å². The van der Waals surface area contributed by atoms with Gasteiger partial charge in [-0.2, -0.15) is 13.2 Å². The maximum atomic E-state index is 13.0. The van der Waals surface area contributed by atoms with Gasteiger partial charge in [0, 0.05) is 29.5 Å². The van der Waals surface area contributed by atoms with E-state index in [-0.39, 0.29) is 28.6 Å². The number of amides is 1. The smallest absolute Gasteiger partial charge is 0.416 e. The third kappa shape index (κ3) is 6.89. The van der Waals surface area contributed by atoms with E-state index in [0.717, 1.165) is 25.2 Å². The van der Waals surface area contributed by atoms with Gasteiger partial charge in [-0.05, 0) is 38.2 Å². The molecule has 0 spiro atoms. The largest absolute Gasteiger partial charge is 0.460 e. The van der Waals surface area contributed by atoms with Gasteiger partial charge in [0.2, 0.25) is 0 Å². The first-order valence-corrected chi connectivity index (χ1v) is 10.3. The number of likely N-dealkylation sites (N-methyl/N-ethyl adjacent to an activating group) is 1. The molecule has 174 valence electrons. The molecular weight excluding hydrogens is 449 g/mol. The number of hydrogen-bond acceptors (Lipinski definition) is 6. The zero-order valence-electron chi connectivity index (χ0n) is 17.9. The number of aromatic nitrogens is 2. The number of carbonyl (C=O) groups is 2. The molecule has 1 aromatic carbocycles. The van der Waals surface area contributed by atoms with Crippen LogP contribution in [0.2, 0.25) is 5.02 Å². The Kier molecular flexibility index (Phi) is 8.97. The second-order valence-electron chi connectivity index (χ2n) is 6.87. The first-order chi connectivity index (χ1) is 15.1. The molecule has 0 aliphatic carbocycles. The molecule has 1 atom stereocenters. The summed E-state index contributed by atoms with van der Waals surface area (Å²) in [6.07, 6.45) is -2.00. The van der Waals surface area contributed by atoms with E-state index < -0.39 is 29.7 Å². The SMILES string of the molecule is CCN(CC)CCOC(=O)c1nccnc1C(C)NC(=O)c1cc(Cl)cc(C(F)(F)F)c1. The number of benzene rings is 1. The van der Waals surface area contributed by atoms with Crippen molar-refractivity contribution in [1.29, 1.82) is 0 Å². The molecule has 2 aromatic rings. The van der Waals surface area contributed by atoms with Crippen molar-refractivity contribution in [3.8, 4) is 0 Å². The number of carbonyl (C=O) groups excluding carboxylic acids is 2. The van der Waals surface area contributed by atoms with Crippen LogP contribution in [0.1, 0.15) is 58.9 Å². The average Bonchev–Trinajstić information content (AvgIpc) is 2.75. The van der Waals surface area contributed by atoms with Crippen LogP contribution >= 0.6 is 11.6 Å². The predicted molar refractivity (Wildman–Crippen MR) is 112 cm³/mol. The molecule has 0 radical (unpaired) electrons. The quantitative estimate of drug-likeness (QED) is 0.552. The molecule has 1 amide bonds. The van der Waals surface area contributed by atoms with E-state index in [4.69, 9.17) is 16.3 Å². The van der Waals surface area contributed by atoms with Crippen molar-refractivity contribution < 1.29 is 27.5 Å². The lowest BCUT2D eigenvalue weighted by Crippen LogP contribution is -2.30. The Morgan fingerprint density at radius 2 is 1.81 bits per heavy atom. The molecule has 0 aliphatic heterocycles. The molecule has 1 aromatic heterocycles. The second-order valence-corrected chi connectivity index (χ2v) is 7.31. The summed E-state index contributed by atoms with van der Waals surface area (Å²) >= 11 is 5.75. The molecule has 2 rings (SSSR count). The monoisotopic (exact) mass is 472 g/mol. The van der Waals surface area contributed by atoms with Crippen molar-refractivity contribution in [2.75, 3.05) is 26.2 Å². The minimum absolute atomic E-state index is 0.0816. The summed E-state index contributed by atoms with van der Waals surface area (Å²) in [5.41, 5.74) is -1.27. The zero-order valence-corrected chi connectivity index (χ0v) is 18.6. The number of halogens is 4. The van der Waals surface area contributed by atoms with Crippen molar-refractivity contribution in [3.63, 3.8) is 0 Å². The van der Waals surface area contributed by atoms with Crippen LogP contribution in [0.5, 0.6) is 0 Å². The van der Waals surface area contributed by atoms with E-state index in [1.54, 1.807) is 0 Å². The Morgan fingerprint density at radius 3 is 2.44 bits per heavy atom. The van der Waals surface area contributed by atoms with Gasteiger partial charge in [0.05, 0.1) is 17.3 Å². The fraction of sp³-hybridized carbons (Fsp3) is 0.429. The minimum atomic E-state index is -4.65. The van der Waals surface area contributed by atoms with Crippen LogP contribution in [0.3, 0.4) is 0 Å². The number of nitrogens with zero attached hydrogens (tertiary/aromatic N) is 3. The normalized spacial score (nSPS) is 12.5. The molecule has 0 saturated heterocycles. The fourth-order valence-electron chi connectivity index (χ4n) is 2.93. The van der Waals surface area contributed by atoms with Gasteiger partial charge in [-0.15, -0.1) is 0 Å². The number of hydrogen-bond donors (Lipinski definition) is 1. The Morgan fingerprint density at radius 1 is 1.16 bits per heavy atom. The molecule has 32 heavy (non-hydrogen) atoms. The van der Waals surface area contributed by atoms with E-state index >= 15 is 0 Å². The summed E-state index contributed by atoms with van der Waals surface area (Å²) in [6, 6.07) is 1.72. The third-order valence-electron chi connectivity index (χ3n) is 4.70. The molecule has 0 bridgehead atoms. The highest BCUT2D eigenvalue weighted by atomic mass is 35.5. The summed E-state index contributed by atoms with van der Waals surface area (Å²) in [6.45, 7) is 7.85. The van der Waals surface area contributed by atoms with Crippen LogP contribution in [0.4, 0.5) is 13.2 Å². The van der Waals surface area contributed by atoms with Gasteiger partial charge in [-0.1, -0.05) is 25.4 Å². The molecule has 7 nitrogen and oxygen atoms in total. The van der Waals surface area contributed by atoms with Crippen LogP contribution in [-0.2, 0) is 10.9 Å². The average molecular weight is 473 g/mol. The van der Waals surface area contributed by atoms with Crippen molar-refractivity contribution in [2.45, 2.75) is 33.0 Å². The summed E-state index contributed by atoms with van der Waals surface area (Å²) in [4.78, 5) is 35.2. The lowest BCUT2D eigenvalue weighted by atomic mass is 10.1. The maximum absolute atomic E-state index is 13.0. The van der Waals surface area contributed by atoms with Crippen LogP contribution in [0.25, 0.3) is 0 Å². The Balaban J connectivity index is 2.14. The lowest BCUT2D eigenvalue weighted by molar-refractivity contribution is -0.137. The molecule has 1 N–H and O–H groups in total. The van der Waals surface area contributed by atoms with Gasteiger partial charge in [0.15, 0.2) is 5.69 Å². The maximum Gasteiger partial charge on any atom is 0.416 e. The van der Waals surface area contributed by atoms with Crippen molar-refractivity contribution >= 4 is 23.5 Å². The van der Waals surface area contributed by atoms with E-state index in [9.17, 15) is 22.8 Å². The van der Waals surface area contributed by atoms with E-state index in [2.05, 4.69) is 20.2 Å². The van der Waals surface area contributed by atoms with Crippen molar-refractivity contribution in [3.05, 3.63) is 58.1 Å². The number of esters is 1. The summed E-state index contributed by atoms with van der Waals surface area (Å²) in [7, 11) is 0. The van der Waals surface area contributed by atoms with Gasteiger partial charge in [-0.3, -0.25) is 9.78 Å². The number of ether oxygens (including phenoxy) is 1. The van der Waals surface area contributed by atoms with Gasteiger partial charge in [-0.25, -0.2) is 9.78 Å². The summed E-state index contributed by atoms with van der Waals surface area (Å²) < 4.78 is 44.3. The van der Waals surface area contributed by atoms with E-state index in [1.165, 1.54) is 19.3 Å². The minimum Gasteiger partial charge on any atom is -0.460 e. The lowest BCUT2D eigenvalue weighted by Gasteiger charge is -2.18. The van der Waals surface area contributed by atoms with Gasteiger partial charge < -0.3 is 15.0 Å². The second kappa shape index (κ2) is 11.2. The summed E-state index contributed by atoms with van der Waals surface area (Å²) in [5, 5.41) is 2.30. The van der Waals surface area contributed by atoms with Crippen molar-refractivity contribution in [1.82, 2.24) is 20.2 Å². The van der Waals surface area contributed by atoms with Gasteiger partial charge >= 0.3 is 12.1 Å². The highest BCUT2D eigenvalue weighted by Crippen LogP contribution is 2.32. The molecule has 1 heterocycles. The molecule has 0 aliphatic rings. The topological polar surface area (TPSA) is 84.4 Å². The Bertz CT molecular complexity index is 952. The molecule has 0 saturated carbocycles. The highest BCUT2D eigenvalue weighted by molar-refractivity contribution is 6.31. The third-order valence-corrected chi connectivity index (χ3v) is 4.92. The van der Waals surface area contributed by atoms with E-state index in [0.29, 0.717) is 12.6 Å². The van der Waals surface area contributed by atoms with Crippen LogP contribution in [-0.4, -0.2) is 53.0 Å². The first kappa shape index (κ1) is 25.5. The standard InChI is InChI=1S/C21H24ClF3N4O3/c1-4-29(5-2)8-9-32-20(31)18-17(26-6-7-27-18)13(3)28-19(30)14-10-15(21(23,24)25)12-16(22)11-14/h6-7,10-13H,4-5,8-9H2,1-3H3,(H,28,30). The van der Waals surface area contributed by atoms with Gasteiger partial charge in [0.25, 0.3) is 5.91 Å². The molecular formula is C21H24ClF3N4O3. The number of rotatable bonds is 9. The van der Waals surface area contributed by atoms with Crippen LogP contribution < -0.4 is 5.32 Å². The number of alkyl halides is 3. The number of nitrogens with one attached hydrogen (secondary N) is 1. The van der Waals surface area contributed by atoms with Gasteiger partial charge in [0.1, 0.15) is 6.61 Å². The van der Waals surface area contributed by atoms with Crippen molar-refractivity contribution in [2.24, 2.45) is 0 Å². The molecule has 11 heteroatoms. The molecule has 1 unspecified atom stereocenters. The Hall–Kier alpha value is -2.72. The highest BCUT2D eigenvalue weighted by Gasteiger charge is 2.32.